The van der Waals surface area contributed by atoms with Crippen LogP contribution in [0.3, 0.4) is 0 Å². The van der Waals surface area contributed by atoms with Crippen molar-refractivity contribution in [3.63, 3.8) is 0 Å². The van der Waals surface area contributed by atoms with Crippen molar-refractivity contribution in [2.75, 3.05) is 13.7 Å². The molecule has 19 heavy (non-hydrogen) atoms. The van der Waals surface area contributed by atoms with E-state index in [1.165, 1.54) is 18.2 Å². The summed E-state index contributed by atoms with van der Waals surface area (Å²) < 4.78 is 10.4. The van der Waals surface area contributed by atoms with Gasteiger partial charge in [0.2, 0.25) is 0 Å². The van der Waals surface area contributed by atoms with E-state index in [1.807, 2.05) is 19.1 Å². The summed E-state index contributed by atoms with van der Waals surface area (Å²) in [5.74, 6) is 0.897. The molecule has 4 nitrogen and oxygen atoms in total. The fourth-order valence-electron chi connectivity index (χ4n) is 2.81. The van der Waals surface area contributed by atoms with Crippen molar-refractivity contribution in [3.8, 4) is 5.75 Å². The summed E-state index contributed by atoms with van der Waals surface area (Å²) in [6.45, 7) is 2.60. The zero-order valence-corrected chi connectivity index (χ0v) is 11.5. The molecule has 0 radical (unpaired) electrons. The summed E-state index contributed by atoms with van der Waals surface area (Å²) in [5.41, 5.74) is 8.64. The minimum absolute atomic E-state index is 0.0567. The second kappa shape index (κ2) is 6.06. The first-order valence-electron chi connectivity index (χ1n) is 6.74. The van der Waals surface area contributed by atoms with E-state index in [-0.39, 0.29) is 17.9 Å². The first kappa shape index (κ1) is 13.9. The fraction of sp³-hybridized carbons (Fsp3) is 0.533. The highest BCUT2D eigenvalue weighted by molar-refractivity contribution is 5.69. The average molecular weight is 263 g/mol. The van der Waals surface area contributed by atoms with Crippen LogP contribution in [0.1, 0.15) is 36.8 Å². The third kappa shape index (κ3) is 2.89. The molecule has 0 fully saturated rings. The van der Waals surface area contributed by atoms with Gasteiger partial charge in [0.1, 0.15) is 5.75 Å². The summed E-state index contributed by atoms with van der Waals surface area (Å²) in [7, 11) is 1.41. The Labute approximate surface area is 113 Å². The number of ether oxygens (including phenoxy) is 2. The summed E-state index contributed by atoms with van der Waals surface area (Å²) >= 11 is 0. The number of hydrogen-bond donors (Lipinski definition) is 1. The zero-order valence-electron chi connectivity index (χ0n) is 11.5. The topological polar surface area (TPSA) is 61.5 Å². The predicted octanol–water partition coefficient (Wildman–Crippen LogP) is 2.01. The molecule has 0 bridgehead atoms. The molecular formula is C15H21NO3. The predicted molar refractivity (Wildman–Crippen MR) is 73.3 cm³/mol. The van der Waals surface area contributed by atoms with E-state index >= 15 is 0 Å². The van der Waals surface area contributed by atoms with Crippen molar-refractivity contribution in [2.24, 2.45) is 5.73 Å². The highest BCUT2D eigenvalue weighted by Gasteiger charge is 2.32. The molecule has 1 aromatic rings. The van der Waals surface area contributed by atoms with Crippen molar-refractivity contribution in [1.29, 1.82) is 0 Å². The Balaban J connectivity index is 2.20. The number of benzene rings is 1. The molecule has 2 rings (SSSR count). The molecule has 0 amide bonds. The van der Waals surface area contributed by atoms with E-state index in [0.29, 0.717) is 19.4 Å². The van der Waals surface area contributed by atoms with Gasteiger partial charge in [-0.25, -0.2) is 0 Å². The van der Waals surface area contributed by atoms with Crippen molar-refractivity contribution in [2.45, 2.75) is 38.1 Å². The van der Waals surface area contributed by atoms with Crippen molar-refractivity contribution in [3.05, 3.63) is 29.3 Å². The molecule has 0 aromatic heterocycles. The van der Waals surface area contributed by atoms with Crippen LogP contribution in [0.2, 0.25) is 0 Å². The SMILES string of the molecule is CCOc1cccc2c1C(CCC(=O)OC)C(N)C2. The van der Waals surface area contributed by atoms with Gasteiger partial charge < -0.3 is 15.2 Å². The number of fused-ring (bicyclic) bond motifs is 1. The maximum absolute atomic E-state index is 11.3. The van der Waals surface area contributed by atoms with E-state index < -0.39 is 0 Å². The van der Waals surface area contributed by atoms with Crippen molar-refractivity contribution < 1.29 is 14.3 Å². The number of methoxy groups -OCH3 is 1. The molecule has 0 aliphatic heterocycles. The lowest BCUT2D eigenvalue weighted by Gasteiger charge is -2.18. The molecule has 0 saturated carbocycles. The van der Waals surface area contributed by atoms with Crippen molar-refractivity contribution in [1.82, 2.24) is 0 Å². The monoisotopic (exact) mass is 263 g/mol. The Morgan fingerprint density at radius 1 is 1.47 bits per heavy atom. The number of hydrogen-bond acceptors (Lipinski definition) is 4. The van der Waals surface area contributed by atoms with Crippen LogP contribution >= 0.6 is 0 Å². The quantitative estimate of drug-likeness (QED) is 0.825. The van der Waals surface area contributed by atoms with Crippen molar-refractivity contribution >= 4 is 5.97 Å². The van der Waals surface area contributed by atoms with E-state index in [1.54, 1.807) is 0 Å². The van der Waals surface area contributed by atoms with Gasteiger partial charge in [0, 0.05) is 23.9 Å². The van der Waals surface area contributed by atoms with Crippen LogP contribution in [-0.2, 0) is 16.0 Å². The van der Waals surface area contributed by atoms with Crippen LogP contribution in [0.15, 0.2) is 18.2 Å². The fourth-order valence-corrected chi connectivity index (χ4v) is 2.81. The average Bonchev–Trinajstić information content (AvgIpc) is 2.73. The molecule has 104 valence electrons. The summed E-state index contributed by atoms with van der Waals surface area (Å²) in [5, 5.41) is 0. The maximum atomic E-state index is 11.3. The number of carbonyl (C=O) groups excluding carboxylic acids is 1. The molecule has 2 unspecified atom stereocenters. The zero-order chi connectivity index (χ0) is 13.8. The third-order valence-electron chi connectivity index (χ3n) is 3.69. The molecule has 2 N–H and O–H groups in total. The maximum Gasteiger partial charge on any atom is 0.305 e. The number of esters is 1. The molecule has 0 saturated heterocycles. The number of carbonyl (C=O) groups is 1. The lowest BCUT2D eigenvalue weighted by molar-refractivity contribution is -0.140. The van der Waals surface area contributed by atoms with Gasteiger partial charge in [0.25, 0.3) is 0 Å². The Bertz CT molecular complexity index is 459. The molecule has 0 spiro atoms. The van der Waals surface area contributed by atoms with Crippen LogP contribution in [-0.4, -0.2) is 25.7 Å². The second-order valence-corrected chi connectivity index (χ2v) is 4.85. The highest BCUT2D eigenvalue weighted by atomic mass is 16.5. The summed E-state index contributed by atoms with van der Waals surface area (Å²) in [6.07, 6.45) is 1.96. The Morgan fingerprint density at radius 3 is 2.95 bits per heavy atom. The minimum Gasteiger partial charge on any atom is -0.494 e. The van der Waals surface area contributed by atoms with E-state index in [4.69, 9.17) is 15.2 Å². The van der Waals surface area contributed by atoms with Gasteiger partial charge >= 0.3 is 5.97 Å². The van der Waals surface area contributed by atoms with Gasteiger partial charge in [-0.2, -0.15) is 0 Å². The first-order chi connectivity index (χ1) is 9.17. The van der Waals surface area contributed by atoms with Crippen LogP contribution in [0.5, 0.6) is 5.75 Å². The Hall–Kier alpha value is -1.55. The van der Waals surface area contributed by atoms with Gasteiger partial charge in [0.15, 0.2) is 0 Å². The molecule has 1 aliphatic rings. The normalized spacial score (nSPS) is 21.0. The van der Waals surface area contributed by atoms with Gasteiger partial charge in [-0.3, -0.25) is 4.79 Å². The van der Waals surface area contributed by atoms with Crippen LogP contribution in [0, 0.1) is 0 Å². The van der Waals surface area contributed by atoms with Gasteiger partial charge in [-0.1, -0.05) is 12.1 Å². The van der Waals surface area contributed by atoms with E-state index in [2.05, 4.69) is 6.07 Å². The minimum atomic E-state index is -0.186. The number of nitrogens with two attached hydrogens (primary N) is 1. The molecule has 1 aromatic carbocycles. The third-order valence-corrected chi connectivity index (χ3v) is 3.69. The van der Waals surface area contributed by atoms with Crippen LogP contribution in [0.4, 0.5) is 0 Å². The van der Waals surface area contributed by atoms with Crippen LogP contribution < -0.4 is 10.5 Å². The molecule has 0 heterocycles. The smallest absolute Gasteiger partial charge is 0.305 e. The lowest BCUT2D eigenvalue weighted by atomic mass is 9.93. The largest absolute Gasteiger partial charge is 0.494 e. The molecule has 1 aliphatic carbocycles. The Kier molecular flexibility index (Phi) is 4.43. The second-order valence-electron chi connectivity index (χ2n) is 4.85. The Morgan fingerprint density at radius 2 is 2.26 bits per heavy atom. The lowest BCUT2D eigenvalue weighted by Crippen LogP contribution is -2.25. The highest BCUT2D eigenvalue weighted by Crippen LogP contribution is 2.41. The van der Waals surface area contributed by atoms with Gasteiger partial charge in [-0.05, 0) is 31.4 Å². The summed E-state index contributed by atoms with van der Waals surface area (Å²) in [4.78, 5) is 11.3. The summed E-state index contributed by atoms with van der Waals surface area (Å²) in [6, 6.07) is 6.13. The van der Waals surface area contributed by atoms with Crippen LogP contribution in [0.25, 0.3) is 0 Å². The van der Waals surface area contributed by atoms with Gasteiger partial charge in [0.05, 0.1) is 13.7 Å². The molecule has 4 heteroatoms. The first-order valence-corrected chi connectivity index (χ1v) is 6.74. The standard InChI is InChI=1S/C15H21NO3/c1-3-19-13-6-4-5-10-9-12(16)11(15(10)13)7-8-14(17)18-2/h4-6,11-12H,3,7-9,16H2,1-2H3. The molecule has 2 atom stereocenters. The molecular weight excluding hydrogens is 242 g/mol. The number of rotatable bonds is 5. The van der Waals surface area contributed by atoms with E-state index in [9.17, 15) is 4.79 Å². The van der Waals surface area contributed by atoms with Gasteiger partial charge in [-0.15, -0.1) is 0 Å². The van der Waals surface area contributed by atoms with E-state index in [0.717, 1.165) is 12.2 Å².